The fourth-order valence-electron chi connectivity index (χ4n) is 4.00. The highest BCUT2D eigenvalue weighted by Gasteiger charge is 2.60. The second kappa shape index (κ2) is 5.61. The maximum Gasteiger partial charge on any atom is 0.494 e. The van der Waals surface area contributed by atoms with E-state index in [-0.39, 0.29) is 12.8 Å². The number of aromatic nitrogens is 3. The molecule has 2 aliphatic rings. The van der Waals surface area contributed by atoms with Crippen molar-refractivity contribution in [2.75, 3.05) is 0 Å². The molecule has 1 saturated heterocycles. The van der Waals surface area contributed by atoms with Crippen molar-refractivity contribution < 1.29 is 18.1 Å². The molecule has 2 heterocycles. The van der Waals surface area contributed by atoms with Gasteiger partial charge in [0.1, 0.15) is 12.2 Å². The van der Waals surface area contributed by atoms with Crippen LogP contribution in [0.5, 0.6) is 0 Å². The van der Waals surface area contributed by atoms with Crippen LogP contribution in [0.4, 0.5) is 8.78 Å². The molecule has 144 valence electrons. The Bertz CT molecular complexity index is 857. The van der Waals surface area contributed by atoms with Crippen molar-refractivity contribution in [1.82, 2.24) is 14.8 Å². The van der Waals surface area contributed by atoms with Gasteiger partial charge in [-0.25, -0.2) is 8.78 Å². The molecule has 5 nitrogen and oxygen atoms in total. The van der Waals surface area contributed by atoms with E-state index in [1.54, 1.807) is 17.9 Å². The van der Waals surface area contributed by atoms with E-state index in [0.717, 1.165) is 11.0 Å². The minimum atomic E-state index is -2.70. The average Bonchev–Trinajstić information content (AvgIpc) is 3.06. The molecule has 8 heteroatoms. The van der Waals surface area contributed by atoms with Gasteiger partial charge in [0.15, 0.2) is 0 Å². The van der Waals surface area contributed by atoms with E-state index in [4.69, 9.17) is 9.31 Å². The lowest BCUT2D eigenvalue weighted by atomic mass is 9.60. The number of hydrogen-bond donors (Lipinski definition) is 0. The van der Waals surface area contributed by atoms with E-state index in [1.807, 2.05) is 52.0 Å². The van der Waals surface area contributed by atoms with Crippen LogP contribution in [0.2, 0.25) is 0 Å². The highest BCUT2D eigenvalue weighted by molar-refractivity contribution is 6.62. The van der Waals surface area contributed by atoms with Gasteiger partial charge >= 0.3 is 7.12 Å². The third-order valence-corrected chi connectivity index (χ3v) is 6.22. The van der Waals surface area contributed by atoms with Crippen LogP contribution in [0, 0.1) is 0 Å². The predicted molar refractivity (Wildman–Crippen MR) is 98.1 cm³/mol. The second-order valence-corrected chi connectivity index (χ2v) is 8.77. The molecule has 0 amide bonds. The number of halogens is 2. The van der Waals surface area contributed by atoms with Crippen molar-refractivity contribution in [1.29, 1.82) is 0 Å². The summed E-state index contributed by atoms with van der Waals surface area (Å²) in [5.41, 5.74) is -0.162. The Morgan fingerprint density at radius 1 is 1.07 bits per heavy atom. The van der Waals surface area contributed by atoms with Crippen LogP contribution in [0.3, 0.4) is 0 Å². The highest BCUT2D eigenvalue weighted by atomic mass is 19.3. The molecule has 27 heavy (non-hydrogen) atoms. The van der Waals surface area contributed by atoms with E-state index in [2.05, 4.69) is 10.2 Å². The molecule has 1 aromatic heterocycles. The molecule has 0 spiro atoms. The first-order chi connectivity index (χ1) is 12.5. The molecule has 0 radical (unpaired) electrons. The summed E-state index contributed by atoms with van der Waals surface area (Å²) in [5, 5.41) is 8.04. The van der Waals surface area contributed by atoms with Crippen molar-refractivity contribution >= 4 is 12.6 Å². The van der Waals surface area contributed by atoms with Gasteiger partial charge in [0.25, 0.3) is 5.92 Å². The van der Waals surface area contributed by atoms with Crippen molar-refractivity contribution in [3.63, 3.8) is 0 Å². The van der Waals surface area contributed by atoms with Gasteiger partial charge in [-0.2, -0.15) is 0 Å². The molecular weight excluding hydrogens is 351 g/mol. The van der Waals surface area contributed by atoms with Crippen LogP contribution in [-0.4, -0.2) is 39.0 Å². The quantitative estimate of drug-likeness (QED) is 0.775. The number of rotatable bonds is 3. The Balaban J connectivity index is 1.73. The summed E-state index contributed by atoms with van der Waals surface area (Å²) >= 11 is 0. The molecule has 2 aromatic rings. The Morgan fingerprint density at radius 3 is 2.22 bits per heavy atom. The summed E-state index contributed by atoms with van der Waals surface area (Å²) in [7, 11) is 1.25. The van der Waals surface area contributed by atoms with Crippen molar-refractivity contribution in [2.24, 2.45) is 7.05 Å². The molecule has 0 N–H and O–H groups in total. The first kappa shape index (κ1) is 18.6. The Kier molecular flexibility index (Phi) is 3.86. The molecule has 0 bridgehead atoms. The minimum absolute atomic E-state index is 0.278. The number of nitrogens with zero attached hydrogens (tertiary/aromatic N) is 3. The number of hydrogen-bond acceptors (Lipinski definition) is 4. The topological polar surface area (TPSA) is 49.2 Å². The third kappa shape index (κ3) is 2.81. The lowest BCUT2D eigenvalue weighted by Gasteiger charge is -2.46. The van der Waals surface area contributed by atoms with Crippen LogP contribution in [0.1, 0.15) is 51.9 Å². The second-order valence-electron chi connectivity index (χ2n) is 8.77. The van der Waals surface area contributed by atoms with E-state index in [9.17, 15) is 8.78 Å². The van der Waals surface area contributed by atoms with Gasteiger partial charge in [-0.05, 0) is 38.7 Å². The van der Waals surface area contributed by atoms with E-state index in [1.165, 1.54) is 0 Å². The maximum atomic E-state index is 13.9. The molecule has 1 aromatic carbocycles. The summed E-state index contributed by atoms with van der Waals surface area (Å²) < 4.78 is 41.8. The largest absolute Gasteiger partial charge is 0.494 e. The average molecular weight is 375 g/mol. The lowest BCUT2D eigenvalue weighted by molar-refractivity contribution is -0.116. The first-order valence-electron chi connectivity index (χ1n) is 9.14. The van der Waals surface area contributed by atoms with Gasteiger partial charge in [0, 0.05) is 19.9 Å². The van der Waals surface area contributed by atoms with E-state index in [0.29, 0.717) is 5.82 Å². The monoisotopic (exact) mass is 375 g/mol. The summed E-state index contributed by atoms with van der Waals surface area (Å²) in [6.45, 7) is 7.96. The smallest absolute Gasteiger partial charge is 0.399 e. The zero-order chi connectivity index (χ0) is 19.7. The number of alkyl halides is 2. The van der Waals surface area contributed by atoms with Crippen molar-refractivity contribution in [2.45, 2.75) is 63.1 Å². The van der Waals surface area contributed by atoms with Crippen LogP contribution in [-0.2, 0) is 21.8 Å². The molecule has 1 aliphatic carbocycles. The molecule has 0 atom stereocenters. The van der Waals surface area contributed by atoms with Crippen molar-refractivity contribution in [3.8, 4) is 0 Å². The van der Waals surface area contributed by atoms with Gasteiger partial charge < -0.3 is 13.9 Å². The summed E-state index contributed by atoms with van der Waals surface area (Å²) in [6.07, 6.45) is 0.990. The van der Waals surface area contributed by atoms with Gasteiger partial charge in [0.2, 0.25) is 0 Å². The van der Waals surface area contributed by atoms with Crippen LogP contribution < -0.4 is 5.46 Å². The van der Waals surface area contributed by atoms with Crippen LogP contribution >= 0.6 is 0 Å². The standard InChI is InChI=1S/C19H24BF2N3O2/c1-16(2)17(3,4)27-20(26-16)14-8-6-7-13(9-14)18(10-19(21,22)11-18)15-24-23-12-25(15)5/h6-9,12H,10-11H2,1-5H3. The molecule has 2 fully saturated rings. The van der Waals surface area contributed by atoms with Crippen LogP contribution in [0.15, 0.2) is 30.6 Å². The Hall–Kier alpha value is -1.80. The summed E-state index contributed by atoms with van der Waals surface area (Å²) in [5.74, 6) is -2.15. The number of aryl methyl sites for hydroxylation is 1. The lowest BCUT2D eigenvalue weighted by Crippen LogP contribution is -2.52. The fourth-order valence-corrected chi connectivity index (χ4v) is 4.00. The molecule has 1 saturated carbocycles. The van der Waals surface area contributed by atoms with Gasteiger partial charge in [0.05, 0.1) is 16.6 Å². The highest BCUT2D eigenvalue weighted by Crippen LogP contribution is 2.56. The normalized spacial score (nSPS) is 24.6. The van der Waals surface area contributed by atoms with E-state index >= 15 is 0 Å². The third-order valence-electron chi connectivity index (χ3n) is 6.22. The van der Waals surface area contributed by atoms with Gasteiger partial charge in [-0.1, -0.05) is 24.3 Å². The number of benzene rings is 1. The molecule has 0 unspecified atom stereocenters. The van der Waals surface area contributed by atoms with Crippen LogP contribution in [0.25, 0.3) is 0 Å². The zero-order valence-corrected chi connectivity index (χ0v) is 16.3. The van der Waals surface area contributed by atoms with Gasteiger partial charge in [-0.15, -0.1) is 10.2 Å². The minimum Gasteiger partial charge on any atom is -0.399 e. The molecular formula is C19H24BF2N3O2. The summed E-state index contributed by atoms with van der Waals surface area (Å²) in [4.78, 5) is 0. The molecule has 4 rings (SSSR count). The predicted octanol–water partition coefficient (Wildman–Crippen LogP) is 2.83. The van der Waals surface area contributed by atoms with Crippen molar-refractivity contribution in [3.05, 3.63) is 42.0 Å². The zero-order valence-electron chi connectivity index (χ0n) is 16.3. The maximum absolute atomic E-state index is 13.9. The Morgan fingerprint density at radius 2 is 1.70 bits per heavy atom. The Labute approximate surface area is 158 Å². The fraction of sp³-hybridized carbons (Fsp3) is 0.579. The summed E-state index contributed by atoms with van der Waals surface area (Å²) in [6, 6.07) is 7.56. The first-order valence-corrected chi connectivity index (χ1v) is 9.14. The molecule has 1 aliphatic heterocycles. The SMILES string of the molecule is Cn1cnnc1C1(c2cccc(B3OC(C)(C)C(C)(C)O3)c2)CC(F)(F)C1. The van der Waals surface area contributed by atoms with Gasteiger partial charge in [-0.3, -0.25) is 0 Å². The van der Waals surface area contributed by atoms with E-state index < -0.39 is 29.7 Å².